The zero-order chi connectivity index (χ0) is 5.78. The fourth-order valence-electron chi connectivity index (χ4n) is 1.42. The summed E-state index contributed by atoms with van der Waals surface area (Å²) in [7, 11) is 0. The molecule has 1 aliphatic carbocycles. The molecule has 0 radical (unpaired) electrons. The SMILES string of the molecule is FC1(F)C2CCNC21. The minimum atomic E-state index is -2.35. The minimum Gasteiger partial charge on any atom is -0.308 e. The second kappa shape index (κ2) is 1.05. The molecule has 2 atom stereocenters. The van der Waals surface area contributed by atoms with Crippen molar-refractivity contribution in [1.82, 2.24) is 5.32 Å². The molecule has 1 nitrogen and oxygen atoms in total. The predicted octanol–water partition coefficient (Wildman–Crippen LogP) is 0.613. The third kappa shape index (κ3) is 0.344. The Hall–Kier alpha value is -0.180. The molecule has 2 fully saturated rings. The molecular formula is C5H7F2N. The second-order valence-electron chi connectivity index (χ2n) is 2.50. The average Bonchev–Trinajstić information content (AvgIpc) is 2.22. The van der Waals surface area contributed by atoms with Gasteiger partial charge in [0, 0.05) is 5.92 Å². The van der Waals surface area contributed by atoms with Crippen LogP contribution in [0.3, 0.4) is 0 Å². The Labute approximate surface area is 46.1 Å². The molecule has 0 amide bonds. The molecule has 2 rings (SSSR count). The van der Waals surface area contributed by atoms with Crippen molar-refractivity contribution >= 4 is 0 Å². The topological polar surface area (TPSA) is 12.0 Å². The normalized spacial score (nSPS) is 48.8. The molecular weight excluding hydrogens is 112 g/mol. The highest BCUT2D eigenvalue weighted by Crippen LogP contribution is 2.53. The molecule has 1 N–H and O–H groups in total. The molecule has 3 heteroatoms. The van der Waals surface area contributed by atoms with Crippen LogP contribution in [0.5, 0.6) is 0 Å². The second-order valence-corrected chi connectivity index (χ2v) is 2.50. The summed E-state index contributed by atoms with van der Waals surface area (Å²) in [5.41, 5.74) is 0. The van der Waals surface area contributed by atoms with Crippen LogP contribution >= 0.6 is 0 Å². The maximum atomic E-state index is 12.2. The highest BCUT2D eigenvalue weighted by molar-refractivity contribution is 5.14. The molecule has 1 saturated heterocycles. The van der Waals surface area contributed by atoms with Crippen LogP contribution in [0.1, 0.15) is 6.42 Å². The van der Waals surface area contributed by atoms with Gasteiger partial charge in [0.2, 0.25) is 0 Å². The van der Waals surface area contributed by atoms with E-state index in [2.05, 4.69) is 5.32 Å². The average molecular weight is 119 g/mol. The van der Waals surface area contributed by atoms with E-state index in [0.717, 1.165) is 6.54 Å². The van der Waals surface area contributed by atoms with Crippen molar-refractivity contribution < 1.29 is 8.78 Å². The lowest BCUT2D eigenvalue weighted by Crippen LogP contribution is -2.20. The summed E-state index contributed by atoms with van der Waals surface area (Å²) in [5, 5.41) is 2.73. The number of halogens is 2. The van der Waals surface area contributed by atoms with E-state index in [-0.39, 0.29) is 5.92 Å². The van der Waals surface area contributed by atoms with Gasteiger partial charge in [0.15, 0.2) is 0 Å². The van der Waals surface area contributed by atoms with Crippen LogP contribution in [-0.4, -0.2) is 18.5 Å². The van der Waals surface area contributed by atoms with E-state index >= 15 is 0 Å². The van der Waals surface area contributed by atoms with E-state index < -0.39 is 12.0 Å². The van der Waals surface area contributed by atoms with Gasteiger partial charge >= 0.3 is 0 Å². The van der Waals surface area contributed by atoms with Gasteiger partial charge in [-0.3, -0.25) is 0 Å². The van der Waals surface area contributed by atoms with Gasteiger partial charge in [-0.15, -0.1) is 0 Å². The minimum absolute atomic E-state index is 0.317. The van der Waals surface area contributed by atoms with Gasteiger partial charge < -0.3 is 5.32 Å². The summed E-state index contributed by atoms with van der Waals surface area (Å²) >= 11 is 0. The first kappa shape index (κ1) is 4.68. The summed E-state index contributed by atoms with van der Waals surface area (Å²) in [6.07, 6.45) is 0.664. The highest BCUT2D eigenvalue weighted by atomic mass is 19.3. The smallest absolute Gasteiger partial charge is 0.268 e. The lowest BCUT2D eigenvalue weighted by atomic mass is 10.3. The molecule has 0 bridgehead atoms. The highest BCUT2D eigenvalue weighted by Gasteiger charge is 2.69. The lowest BCUT2D eigenvalue weighted by molar-refractivity contribution is 0.0805. The Morgan fingerprint density at radius 2 is 2.25 bits per heavy atom. The number of hydrogen-bond donors (Lipinski definition) is 1. The van der Waals surface area contributed by atoms with Crippen LogP contribution in [0.2, 0.25) is 0 Å². The van der Waals surface area contributed by atoms with Gasteiger partial charge in [-0.05, 0) is 13.0 Å². The Kier molecular flexibility index (Phi) is 0.615. The summed E-state index contributed by atoms with van der Waals surface area (Å²) in [5.74, 6) is -2.67. The molecule has 0 aromatic carbocycles. The number of nitrogens with one attached hydrogen (secondary N) is 1. The summed E-state index contributed by atoms with van der Waals surface area (Å²) in [4.78, 5) is 0. The first-order chi connectivity index (χ1) is 3.73. The molecule has 8 heavy (non-hydrogen) atoms. The van der Waals surface area contributed by atoms with Gasteiger partial charge in [0.25, 0.3) is 5.92 Å². The molecule has 46 valence electrons. The van der Waals surface area contributed by atoms with Crippen molar-refractivity contribution in [3.8, 4) is 0 Å². The third-order valence-electron chi connectivity index (χ3n) is 2.02. The quantitative estimate of drug-likeness (QED) is 0.492. The Bertz CT molecular complexity index is 112. The molecule has 1 heterocycles. The van der Waals surface area contributed by atoms with Gasteiger partial charge in [0.1, 0.15) is 0 Å². The fourth-order valence-corrected chi connectivity index (χ4v) is 1.42. The Morgan fingerprint density at radius 1 is 1.50 bits per heavy atom. The molecule has 1 aliphatic heterocycles. The van der Waals surface area contributed by atoms with E-state index in [9.17, 15) is 8.78 Å². The molecule has 1 saturated carbocycles. The standard InChI is InChI=1S/C5H7F2N/c6-5(7)3-1-2-8-4(3)5/h3-4,8H,1-2H2. The monoisotopic (exact) mass is 119 g/mol. The summed E-state index contributed by atoms with van der Waals surface area (Å²) < 4.78 is 24.4. The van der Waals surface area contributed by atoms with E-state index in [1.807, 2.05) is 0 Å². The largest absolute Gasteiger partial charge is 0.308 e. The lowest BCUT2D eigenvalue weighted by Gasteiger charge is -1.98. The molecule has 0 aromatic heterocycles. The molecule has 0 aromatic rings. The van der Waals surface area contributed by atoms with E-state index in [1.165, 1.54) is 0 Å². The van der Waals surface area contributed by atoms with Crippen molar-refractivity contribution in [3.05, 3.63) is 0 Å². The number of fused-ring (bicyclic) bond motifs is 1. The van der Waals surface area contributed by atoms with E-state index in [0.29, 0.717) is 6.42 Å². The van der Waals surface area contributed by atoms with Crippen LogP contribution in [0.15, 0.2) is 0 Å². The number of rotatable bonds is 0. The number of piperidine rings is 1. The molecule has 0 spiro atoms. The van der Waals surface area contributed by atoms with Crippen molar-refractivity contribution in [2.45, 2.75) is 18.4 Å². The summed E-state index contributed by atoms with van der Waals surface area (Å²) in [6.45, 7) is 0.783. The van der Waals surface area contributed by atoms with Gasteiger partial charge in [-0.1, -0.05) is 0 Å². The van der Waals surface area contributed by atoms with Crippen molar-refractivity contribution in [1.29, 1.82) is 0 Å². The van der Waals surface area contributed by atoms with Crippen LogP contribution in [-0.2, 0) is 0 Å². The van der Waals surface area contributed by atoms with Crippen LogP contribution in [0.25, 0.3) is 0 Å². The van der Waals surface area contributed by atoms with Gasteiger partial charge in [0.05, 0.1) is 6.04 Å². The zero-order valence-corrected chi connectivity index (χ0v) is 4.32. The first-order valence-electron chi connectivity index (χ1n) is 2.84. The fraction of sp³-hybridized carbons (Fsp3) is 1.00. The van der Waals surface area contributed by atoms with Crippen LogP contribution in [0.4, 0.5) is 8.78 Å². The van der Waals surface area contributed by atoms with Crippen LogP contribution < -0.4 is 5.32 Å². The van der Waals surface area contributed by atoms with Gasteiger partial charge in [-0.25, -0.2) is 8.78 Å². The predicted molar refractivity (Wildman–Crippen MR) is 24.8 cm³/mol. The van der Waals surface area contributed by atoms with Crippen molar-refractivity contribution in [2.24, 2.45) is 5.92 Å². The summed E-state index contributed by atoms with van der Waals surface area (Å²) in [6, 6.07) is -0.456. The van der Waals surface area contributed by atoms with Gasteiger partial charge in [-0.2, -0.15) is 0 Å². The maximum absolute atomic E-state index is 12.2. The molecule has 2 unspecified atom stereocenters. The van der Waals surface area contributed by atoms with Crippen molar-refractivity contribution in [3.63, 3.8) is 0 Å². The maximum Gasteiger partial charge on any atom is 0.268 e. The molecule has 2 aliphatic rings. The Morgan fingerprint density at radius 3 is 2.50 bits per heavy atom. The van der Waals surface area contributed by atoms with Crippen LogP contribution in [0, 0.1) is 5.92 Å². The van der Waals surface area contributed by atoms with E-state index in [1.54, 1.807) is 0 Å². The van der Waals surface area contributed by atoms with Crippen molar-refractivity contribution in [2.75, 3.05) is 6.54 Å². The zero-order valence-electron chi connectivity index (χ0n) is 4.32. The Balaban J connectivity index is 2.13. The first-order valence-corrected chi connectivity index (χ1v) is 2.84. The van der Waals surface area contributed by atoms with E-state index in [4.69, 9.17) is 0 Å². The number of hydrogen-bond acceptors (Lipinski definition) is 1. The number of alkyl halides is 2. The third-order valence-corrected chi connectivity index (χ3v) is 2.02.